The molecule has 0 aliphatic heterocycles. The van der Waals surface area contributed by atoms with Crippen molar-refractivity contribution in [3.63, 3.8) is 0 Å². The van der Waals surface area contributed by atoms with Crippen molar-refractivity contribution in [2.75, 3.05) is 12.0 Å². The molecule has 0 aliphatic rings. The highest BCUT2D eigenvalue weighted by Crippen LogP contribution is 2.26. The summed E-state index contributed by atoms with van der Waals surface area (Å²) in [5.41, 5.74) is 6.04. The van der Waals surface area contributed by atoms with Gasteiger partial charge in [-0.05, 0) is 11.6 Å². The van der Waals surface area contributed by atoms with Crippen molar-refractivity contribution in [3.05, 3.63) is 54.6 Å². The van der Waals surface area contributed by atoms with Gasteiger partial charge < -0.3 is 5.32 Å². The molecule has 4 N–H and O–H groups in total. The standard InChI is InChI=1S/C13H15N3/c14-16-10-15-13-9-5-4-8-12(13)11-6-2-1-3-7-11/h1-9,15-16H,10,14H2. The molecule has 0 spiro atoms. The molecule has 82 valence electrons. The maximum atomic E-state index is 5.25. The number of para-hydroxylation sites is 1. The van der Waals surface area contributed by atoms with Gasteiger partial charge in [0, 0.05) is 11.3 Å². The van der Waals surface area contributed by atoms with Gasteiger partial charge in [0.05, 0.1) is 6.67 Å². The number of benzene rings is 2. The van der Waals surface area contributed by atoms with Gasteiger partial charge in [0.15, 0.2) is 0 Å². The number of hydrogen-bond acceptors (Lipinski definition) is 3. The van der Waals surface area contributed by atoms with Crippen LogP contribution in [0.25, 0.3) is 11.1 Å². The summed E-state index contributed by atoms with van der Waals surface area (Å²) >= 11 is 0. The minimum atomic E-state index is 0.545. The highest BCUT2D eigenvalue weighted by molar-refractivity contribution is 5.77. The highest BCUT2D eigenvalue weighted by atomic mass is 15.3. The summed E-state index contributed by atoms with van der Waals surface area (Å²) in [5, 5.41) is 3.23. The summed E-state index contributed by atoms with van der Waals surface area (Å²) in [6.45, 7) is 0.545. The second-order valence-electron chi connectivity index (χ2n) is 3.47. The second-order valence-corrected chi connectivity index (χ2v) is 3.47. The Labute approximate surface area is 95.3 Å². The van der Waals surface area contributed by atoms with Crippen LogP contribution in [0.15, 0.2) is 54.6 Å². The molecule has 0 amide bonds. The SMILES string of the molecule is NNCNc1ccccc1-c1ccccc1. The van der Waals surface area contributed by atoms with E-state index in [1.807, 2.05) is 36.4 Å². The molecule has 0 aromatic heterocycles. The van der Waals surface area contributed by atoms with Crippen LogP contribution >= 0.6 is 0 Å². The number of nitrogens with two attached hydrogens (primary N) is 1. The van der Waals surface area contributed by atoms with Gasteiger partial charge in [-0.3, -0.25) is 5.84 Å². The van der Waals surface area contributed by atoms with E-state index in [1.165, 1.54) is 11.1 Å². The molecule has 0 bridgehead atoms. The fourth-order valence-electron chi connectivity index (χ4n) is 1.65. The highest BCUT2D eigenvalue weighted by Gasteiger charge is 2.02. The lowest BCUT2D eigenvalue weighted by Gasteiger charge is -2.11. The van der Waals surface area contributed by atoms with Crippen LogP contribution in [-0.2, 0) is 0 Å². The summed E-state index contributed by atoms with van der Waals surface area (Å²) in [7, 11) is 0. The number of hydrogen-bond donors (Lipinski definition) is 3. The summed E-state index contributed by atoms with van der Waals surface area (Å²) < 4.78 is 0. The normalized spacial score (nSPS) is 10.1. The van der Waals surface area contributed by atoms with E-state index in [2.05, 4.69) is 28.9 Å². The Kier molecular flexibility index (Phi) is 3.53. The second kappa shape index (κ2) is 5.30. The van der Waals surface area contributed by atoms with Crippen molar-refractivity contribution in [2.45, 2.75) is 0 Å². The van der Waals surface area contributed by atoms with Crippen LogP contribution in [0.2, 0.25) is 0 Å². The van der Waals surface area contributed by atoms with Crippen molar-refractivity contribution in [2.24, 2.45) is 5.84 Å². The van der Waals surface area contributed by atoms with Gasteiger partial charge in [-0.15, -0.1) is 0 Å². The predicted octanol–water partition coefficient (Wildman–Crippen LogP) is 2.19. The minimum absolute atomic E-state index is 0.545. The first-order chi connectivity index (χ1) is 7.92. The third kappa shape index (κ3) is 2.39. The Morgan fingerprint density at radius 3 is 2.31 bits per heavy atom. The smallest absolute Gasteiger partial charge is 0.0781 e. The van der Waals surface area contributed by atoms with Crippen molar-refractivity contribution in [1.29, 1.82) is 0 Å². The molecule has 0 fully saturated rings. The van der Waals surface area contributed by atoms with Crippen LogP contribution in [0.4, 0.5) is 5.69 Å². The number of hydrazine groups is 1. The van der Waals surface area contributed by atoms with E-state index in [9.17, 15) is 0 Å². The number of anilines is 1. The lowest BCUT2D eigenvalue weighted by Crippen LogP contribution is -2.28. The molecule has 0 aliphatic carbocycles. The van der Waals surface area contributed by atoms with Gasteiger partial charge in [-0.25, -0.2) is 5.43 Å². The zero-order valence-corrected chi connectivity index (χ0v) is 8.98. The summed E-state index contributed by atoms with van der Waals surface area (Å²) in [5.74, 6) is 5.25. The van der Waals surface area contributed by atoms with Gasteiger partial charge in [-0.2, -0.15) is 0 Å². The molecular weight excluding hydrogens is 198 g/mol. The lowest BCUT2D eigenvalue weighted by atomic mass is 10.0. The number of rotatable bonds is 4. The van der Waals surface area contributed by atoms with Crippen molar-refractivity contribution >= 4 is 5.69 Å². The Bertz CT molecular complexity index is 440. The van der Waals surface area contributed by atoms with Crippen LogP contribution in [0.1, 0.15) is 0 Å². The zero-order valence-electron chi connectivity index (χ0n) is 8.98. The van der Waals surface area contributed by atoms with Gasteiger partial charge in [0.1, 0.15) is 0 Å². The molecule has 2 rings (SSSR count). The van der Waals surface area contributed by atoms with Gasteiger partial charge in [0.2, 0.25) is 0 Å². The summed E-state index contributed by atoms with van der Waals surface area (Å²) in [6.07, 6.45) is 0. The molecular formula is C13H15N3. The largest absolute Gasteiger partial charge is 0.371 e. The van der Waals surface area contributed by atoms with Crippen LogP contribution in [-0.4, -0.2) is 6.67 Å². The molecule has 0 saturated heterocycles. The van der Waals surface area contributed by atoms with Gasteiger partial charge >= 0.3 is 0 Å². The first kappa shape index (κ1) is 10.7. The molecule has 3 heteroatoms. The lowest BCUT2D eigenvalue weighted by molar-refractivity contribution is 0.790. The fourth-order valence-corrected chi connectivity index (χ4v) is 1.65. The van der Waals surface area contributed by atoms with Crippen LogP contribution in [0.5, 0.6) is 0 Å². The quantitative estimate of drug-likeness (QED) is 0.414. The van der Waals surface area contributed by atoms with Crippen LogP contribution < -0.4 is 16.6 Å². The molecule has 0 atom stereocenters. The topological polar surface area (TPSA) is 50.1 Å². The first-order valence-electron chi connectivity index (χ1n) is 5.23. The van der Waals surface area contributed by atoms with E-state index in [-0.39, 0.29) is 0 Å². The maximum Gasteiger partial charge on any atom is 0.0781 e. The summed E-state index contributed by atoms with van der Waals surface area (Å²) in [6, 6.07) is 18.4. The van der Waals surface area contributed by atoms with Crippen molar-refractivity contribution < 1.29 is 0 Å². The Morgan fingerprint density at radius 1 is 0.875 bits per heavy atom. The Morgan fingerprint density at radius 2 is 1.56 bits per heavy atom. The molecule has 2 aromatic rings. The van der Waals surface area contributed by atoms with Crippen molar-refractivity contribution in [3.8, 4) is 11.1 Å². The fraction of sp³-hybridized carbons (Fsp3) is 0.0769. The van der Waals surface area contributed by atoms with E-state index in [4.69, 9.17) is 5.84 Å². The maximum absolute atomic E-state index is 5.25. The average Bonchev–Trinajstić information content (AvgIpc) is 2.38. The molecule has 0 heterocycles. The zero-order chi connectivity index (χ0) is 11.2. The monoisotopic (exact) mass is 213 g/mol. The molecule has 0 radical (unpaired) electrons. The predicted molar refractivity (Wildman–Crippen MR) is 67.7 cm³/mol. The average molecular weight is 213 g/mol. The summed E-state index contributed by atoms with van der Waals surface area (Å²) in [4.78, 5) is 0. The van der Waals surface area contributed by atoms with Crippen LogP contribution in [0.3, 0.4) is 0 Å². The van der Waals surface area contributed by atoms with Gasteiger partial charge in [0.25, 0.3) is 0 Å². The van der Waals surface area contributed by atoms with Crippen LogP contribution in [0, 0.1) is 0 Å². The Balaban J connectivity index is 2.33. The first-order valence-corrected chi connectivity index (χ1v) is 5.23. The van der Waals surface area contributed by atoms with Gasteiger partial charge in [-0.1, -0.05) is 48.5 Å². The van der Waals surface area contributed by atoms with Crippen molar-refractivity contribution in [1.82, 2.24) is 5.43 Å². The molecule has 2 aromatic carbocycles. The molecule has 0 unspecified atom stereocenters. The minimum Gasteiger partial charge on any atom is -0.371 e. The molecule has 3 nitrogen and oxygen atoms in total. The Hall–Kier alpha value is -1.84. The third-order valence-electron chi connectivity index (χ3n) is 2.39. The van der Waals surface area contributed by atoms with E-state index in [0.717, 1.165) is 5.69 Å². The number of nitrogens with one attached hydrogen (secondary N) is 2. The van der Waals surface area contributed by atoms with E-state index in [1.54, 1.807) is 0 Å². The van der Waals surface area contributed by atoms with E-state index >= 15 is 0 Å². The van der Waals surface area contributed by atoms with E-state index in [0.29, 0.717) is 6.67 Å². The van der Waals surface area contributed by atoms with E-state index < -0.39 is 0 Å². The molecule has 16 heavy (non-hydrogen) atoms. The third-order valence-corrected chi connectivity index (χ3v) is 2.39. The molecule has 0 saturated carbocycles.